The van der Waals surface area contributed by atoms with E-state index in [-0.39, 0.29) is 17.4 Å². The number of hydrazone groups is 1. The van der Waals surface area contributed by atoms with Crippen molar-refractivity contribution < 1.29 is 14.2 Å². The largest absolute Gasteiger partial charge is 0.497 e. The predicted molar refractivity (Wildman–Crippen MR) is 131 cm³/mol. The third kappa shape index (κ3) is 4.43. The Morgan fingerprint density at radius 2 is 2.12 bits per heavy atom. The topological polar surface area (TPSA) is 101 Å². The zero-order valence-electron chi connectivity index (χ0n) is 19.6. The van der Waals surface area contributed by atoms with Crippen LogP contribution >= 0.6 is 0 Å². The second kappa shape index (κ2) is 9.34. The first kappa shape index (κ1) is 22.2. The molecule has 9 heteroatoms. The van der Waals surface area contributed by atoms with Crippen molar-refractivity contribution in [3.8, 4) is 17.2 Å². The van der Waals surface area contributed by atoms with E-state index in [1.165, 1.54) is 0 Å². The normalized spacial score (nSPS) is 19.1. The fraction of sp³-hybridized carbons (Fsp3) is 0.400. The summed E-state index contributed by atoms with van der Waals surface area (Å²) in [5, 5.41) is 4.63. The second-order valence-corrected chi connectivity index (χ2v) is 8.95. The summed E-state index contributed by atoms with van der Waals surface area (Å²) in [4.78, 5) is 23.2. The van der Waals surface area contributed by atoms with Gasteiger partial charge in [0.05, 0.1) is 25.0 Å². The molecule has 178 valence electrons. The minimum Gasteiger partial charge on any atom is -0.497 e. The molecule has 2 aliphatic rings. The van der Waals surface area contributed by atoms with Crippen molar-refractivity contribution in [2.24, 2.45) is 5.10 Å². The van der Waals surface area contributed by atoms with Crippen LogP contribution in [-0.4, -0.2) is 68.6 Å². The van der Waals surface area contributed by atoms with Crippen LogP contribution in [0.3, 0.4) is 0 Å². The number of aromatic amines is 1. The highest BCUT2D eigenvalue weighted by atomic mass is 16.5. The van der Waals surface area contributed by atoms with Gasteiger partial charge >= 0.3 is 0 Å². The Morgan fingerprint density at radius 3 is 2.88 bits per heavy atom. The van der Waals surface area contributed by atoms with Crippen LogP contribution in [0.1, 0.15) is 28.8 Å². The molecule has 3 heterocycles. The molecule has 2 unspecified atom stereocenters. The van der Waals surface area contributed by atoms with Crippen molar-refractivity contribution in [3.05, 3.63) is 57.6 Å². The van der Waals surface area contributed by atoms with E-state index in [2.05, 4.69) is 20.4 Å². The summed E-state index contributed by atoms with van der Waals surface area (Å²) >= 11 is 0. The summed E-state index contributed by atoms with van der Waals surface area (Å²) in [6.45, 7) is 2.37. The predicted octanol–water partition coefficient (Wildman–Crippen LogP) is 2.26. The van der Waals surface area contributed by atoms with Crippen LogP contribution in [0.5, 0.6) is 17.2 Å². The monoisotopic (exact) mass is 463 g/mol. The zero-order valence-corrected chi connectivity index (χ0v) is 19.6. The average Bonchev–Trinajstić information content (AvgIpc) is 3.38. The van der Waals surface area contributed by atoms with Crippen LogP contribution in [0, 0.1) is 0 Å². The van der Waals surface area contributed by atoms with Gasteiger partial charge in [-0.05, 0) is 62.0 Å². The van der Waals surface area contributed by atoms with Crippen molar-refractivity contribution in [2.45, 2.75) is 18.3 Å². The second-order valence-electron chi connectivity index (χ2n) is 8.95. The molecule has 0 spiro atoms. The summed E-state index contributed by atoms with van der Waals surface area (Å²) < 4.78 is 17.5. The van der Waals surface area contributed by atoms with Crippen molar-refractivity contribution in [1.29, 1.82) is 0 Å². The molecule has 2 N–H and O–H groups in total. The number of hydrogen-bond donors (Lipinski definition) is 2. The molecule has 0 aliphatic carbocycles. The number of methoxy groups -OCH3 is 1. The molecule has 0 fully saturated rings. The van der Waals surface area contributed by atoms with Crippen LogP contribution in [0.25, 0.3) is 10.9 Å². The average molecular weight is 464 g/mol. The van der Waals surface area contributed by atoms with E-state index in [1.807, 2.05) is 50.6 Å². The van der Waals surface area contributed by atoms with Gasteiger partial charge in [-0.1, -0.05) is 0 Å². The summed E-state index contributed by atoms with van der Waals surface area (Å²) in [6.07, 6.45) is 2.55. The maximum absolute atomic E-state index is 13.2. The van der Waals surface area contributed by atoms with Gasteiger partial charge in [-0.25, -0.2) is 4.98 Å². The van der Waals surface area contributed by atoms with Crippen molar-refractivity contribution in [1.82, 2.24) is 20.3 Å². The van der Waals surface area contributed by atoms with Gasteiger partial charge in [-0.3, -0.25) is 4.79 Å². The zero-order chi connectivity index (χ0) is 23.7. The molecule has 1 aromatic heterocycles. The lowest BCUT2D eigenvalue weighted by atomic mass is 9.95. The number of H-pyrrole nitrogens is 1. The van der Waals surface area contributed by atoms with Crippen LogP contribution in [0.4, 0.5) is 0 Å². The van der Waals surface area contributed by atoms with Gasteiger partial charge in [0.25, 0.3) is 5.56 Å². The lowest BCUT2D eigenvalue weighted by molar-refractivity contribution is 0.256. The fourth-order valence-electron chi connectivity index (χ4n) is 4.33. The fourth-order valence-corrected chi connectivity index (χ4v) is 4.33. The Labute approximate surface area is 197 Å². The van der Waals surface area contributed by atoms with E-state index in [1.54, 1.807) is 7.11 Å². The van der Waals surface area contributed by atoms with Gasteiger partial charge in [0.1, 0.15) is 35.2 Å². The van der Waals surface area contributed by atoms with E-state index < -0.39 is 0 Å². The molecule has 0 bridgehead atoms. The van der Waals surface area contributed by atoms with E-state index in [9.17, 15) is 4.79 Å². The molecule has 34 heavy (non-hydrogen) atoms. The van der Waals surface area contributed by atoms with Gasteiger partial charge in [0.15, 0.2) is 0 Å². The molecule has 0 radical (unpaired) electrons. The Kier molecular flexibility index (Phi) is 6.10. The van der Waals surface area contributed by atoms with Gasteiger partial charge in [-0.15, -0.1) is 0 Å². The summed E-state index contributed by atoms with van der Waals surface area (Å²) in [6, 6.07) is 9.65. The van der Waals surface area contributed by atoms with Gasteiger partial charge in [-0.2, -0.15) is 5.10 Å². The first-order chi connectivity index (χ1) is 16.5. The summed E-state index contributed by atoms with van der Waals surface area (Å²) in [5.41, 5.74) is 5.37. The SMILES string of the molecule is COc1ccc2c(c1)CC(c1nc3c(OCCN(C)C)cc(C4C=NNC4)cc3c(=O)[nH]1)CO2. The standard InChI is InChI=1S/C25H29N5O4/c1-30(2)6-7-33-22-11-15(18-12-26-27-13-18)10-20-23(22)28-24(29-25(20)31)17-8-16-9-19(32-3)4-5-21(16)34-14-17/h4-5,9-12,17-18,27H,6-8,13-14H2,1-3H3,(H,28,29,31). The van der Waals surface area contributed by atoms with E-state index in [0.29, 0.717) is 48.7 Å². The number of nitrogens with one attached hydrogen (secondary N) is 2. The molecular formula is C25H29N5O4. The first-order valence-electron chi connectivity index (χ1n) is 11.4. The third-order valence-corrected chi connectivity index (χ3v) is 6.26. The van der Waals surface area contributed by atoms with Crippen LogP contribution in [0.2, 0.25) is 0 Å². The first-order valence-corrected chi connectivity index (χ1v) is 11.4. The number of ether oxygens (including phenoxy) is 3. The molecule has 2 aromatic carbocycles. The van der Waals surface area contributed by atoms with E-state index >= 15 is 0 Å². The number of aromatic nitrogens is 2. The van der Waals surface area contributed by atoms with Crippen molar-refractivity contribution in [2.75, 3.05) is 47.5 Å². The van der Waals surface area contributed by atoms with Crippen molar-refractivity contribution >= 4 is 17.1 Å². The maximum atomic E-state index is 13.2. The number of likely N-dealkylation sites (N-methyl/N-ethyl adjacent to an activating group) is 1. The smallest absolute Gasteiger partial charge is 0.258 e. The number of rotatable bonds is 7. The molecule has 2 atom stereocenters. The highest BCUT2D eigenvalue weighted by Gasteiger charge is 2.26. The number of fused-ring (bicyclic) bond motifs is 2. The molecule has 0 saturated carbocycles. The highest BCUT2D eigenvalue weighted by molar-refractivity contribution is 5.86. The maximum Gasteiger partial charge on any atom is 0.258 e. The van der Waals surface area contributed by atoms with E-state index in [0.717, 1.165) is 29.2 Å². The molecule has 2 aliphatic heterocycles. The molecular weight excluding hydrogens is 434 g/mol. The molecule has 0 amide bonds. The summed E-state index contributed by atoms with van der Waals surface area (Å²) in [5.74, 6) is 2.82. The minimum absolute atomic E-state index is 0.0814. The van der Waals surface area contributed by atoms with Crippen LogP contribution in [-0.2, 0) is 6.42 Å². The molecule has 3 aromatic rings. The van der Waals surface area contributed by atoms with Gasteiger partial charge in [0, 0.05) is 25.2 Å². The van der Waals surface area contributed by atoms with E-state index in [4.69, 9.17) is 19.2 Å². The quantitative estimate of drug-likeness (QED) is 0.554. The summed E-state index contributed by atoms with van der Waals surface area (Å²) in [7, 11) is 5.63. The third-order valence-electron chi connectivity index (χ3n) is 6.26. The Balaban J connectivity index is 1.53. The minimum atomic E-state index is -0.182. The lowest BCUT2D eigenvalue weighted by Gasteiger charge is -2.25. The molecule has 0 saturated heterocycles. The number of benzene rings is 2. The number of hydrogen-bond acceptors (Lipinski definition) is 8. The van der Waals surface area contributed by atoms with Crippen LogP contribution in [0.15, 0.2) is 40.2 Å². The highest BCUT2D eigenvalue weighted by Crippen LogP contribution is 2.35. The molecule has 9 nitrogen and oxygen atoms in total. The van der Waals surface area contributed by atoms with Crippen molar-refractivity contribution in [3.63, 3.8) is 0 Å². The Bertz CT molecular complexity index is 1290. The lowest BCUT2D eigenvalue weighted by Crippen LogP contribution is -2.24. The van der Waals surface area contributed by atoms with Crippen LogP contribution < -0.4 is 25.2 Å². The Hall–Kier alpha value is -3.59. The van der Waals surface area contributed by atoms with Gasteiger partial charge in [0.2, 0.25) is 0 Å². The Morgan fingerprint density at radius 1 is 1.24 bits per heavy atom. The number of nitrogens with zero attached hydrogens (tertiary/aromatic N) is 3. The van der Waals surface area contributed by atoms with Gasteiger partial charge < -0.3 is 29.5 Å². The molecule has 5 rings (SSSR count).